The van der Waals surface area contributed by atoms with Gasteiger partial charge in [0.05, 0.1) is 11.3 Å². The number of hydrogen-bond acceptors (Lipinski definition) is 4. The number of pyridine rings is 1. The van der Waals surface area contributed by atoms with Crippen molar-refractivity contribution in [1.29, 1.82) is 0 Å². The summed E-state index contributed by atoms with van der Waals surface area (Å²) in [6, 6.07) is 11.7. The topological polar surface area (TPSA) is 73.9 Å². The maximum atomic E-state index is 14.0. The molecular formula is C20H20FN5O. The molecule has 1 aliphatic rings. The molecule has 7 heteroatoms. The number of nitrogens with zero attached hydrogens (tertiary/aromatic N) is 3. The van der Waals surface area contributed by atoms with Crippen molar-refractivity contribution < 1.29 is 9.18 Å². The molecule has 0 aliphatic carbocycles. The van der Waals surface area contributed by atoms with Crippen LogP contribution in [0.2, 0.25) is 0 Å². The number of nitrogens with one attached hydrogen (secondary N) is 2. The molecule has 0 radical (unpaired) electrons. The Morgan fingerprint density at radius 3 is 2.89 bits per heavy atom. The van der Waals surface area contributed by atoms with Gasteiger partial charge in [0, 0.05) is 37.1 Å². The van der Waals surface area contributed by atoms with Crippen LogP contribution in [0.3, 0.4) is 0 Å². The van der Waals surface area contributed by atoms with Gasteiger partial charge in [-0.1, -0.05) is 12.1 Å². The summed E-state index contributed by atoms with van der Waals surface area (Å²) in [7, 11) is 0. The van der Waals surface area contributed by atoms with Crippen LogP contribution in [0.5, 0.6) is 0 Å². The van der Waals surface area contributed by atoms with Crippen LogP contribution in [0.4, 0.5) is 15.9 Å². The Hall–Kier alpha value is -3.22. The van der Waals surface area contributed by atoms with E-state index in [1.54, 1.807) is 42.7 Å². The van der Waals surface area contributed by atoms with E-state index in [-0.39, 0.29) is 17.6 Å². The van der Waals surface area contributed by atoms with Gasteiger partial charge in [0.1, 0.15) is 11.6 Å². The standard InChI is InChI=1S/C20H20FN5O/c21-16-7-1-2-8-18(16)24-19-15(6-3-10-22-19)20(27)26-12-4-5-14(13-26)17-9-11-23-25-17/h1-3,6-11,14H,4-5,12-13H2,(H,22,24)(H,23,25)/t14-/m1/s1. The van der Waals surface area contributed by atoms with E-state index < -0.39 is 0 Å². The van der Waals surface area contributed by atoms with Crippen molar-refractivity contribution in [3.63, 3.8) is 0 Å². The Balaban J connectivity index is 1.56. The molecule has 0 unspecified atom stereocenters. The minimum absolute atomic E-state index is 0.105. The molecule has 3 heterocycles. The fraction of sp³-hybridized carbons (Fsp3) is 0.250. The Morgan fingerprint density at radius 1 is 1.19 bits per heavy atom. The van der Waals surface area contributed by atoms with Gasteiger partial charge in [-0.15, -0.1) is 0 Å². The summed E-state index contributed by atoms with van der Waals surface area (Å²) in [5, 5.41) is 9.96. The minimum atomic E-state index is -0.390. The zero-order valence-corrected chi connectivity index (χ0v) is 14.7. The number of benzene rings is 1. The SMILES string of the molecule is O=C(c1cccnc1Nc1ccccc1F)N1CCC[C@@H](c2ccn[nH]2)C1. The van der Waals surface area contributed by atoms with E-state index in [2.05, 4.69) is 20.5 Å². The van der Waals surface area contributed by atoms with Crippen molar-refractivity contribution in [1.82, 2.24) is 20.1 Å². The predicted molar refractivity (Wildman–Crippen MR) is 100 cm³/mol. The number of amides is 1. The van der Waals surface area contributed by atoms with Crippen LogP contribution in [-0.2, 0) is 0 Å². The van der Waals surface area contributed by atoms with Crippen LogP contribution in [0.25, 0.3) is 0 Å². The second-order valence-corrected chi connectivity index (χ2v) is 6.61. The summed E-state index contributed by atoms with van der Waals surface area (Å²) in [5.74, 6) is 0.103. The lowest BCUT2D eigenvalue weighted by Gasteiger charge is -2.32. The van der Waals surface area contributed by atoms with E-state index in [9.17, 15) is 9.18 Å². The Labute approximate surface area is 156 Å². The van der Waals surface area contributed by atoms with Gasteiger partial charge in [0.15, 0.2) is 0 Å². The fourth-order valence-corrected chi connectivity index (χ4v) is 3.45. The molecule has 1 aliphatic heterocycles. The summed E-state index contributed by atoms with van der Waals surface area (Å²) in [5.41, 5.74) is 1.77. The third-order valence-electron chi connectivity index (χ3n) is 4.84. The average molecular weight is 365 g/mol. The van der Waals surface area contributed by atoms with Crippen molar-refractivity contribution in [2.75, 3.05) is 18.4 Å². The molecule has 6 nitrogen and oxygen atoms in total. The molecule has 4 rings (SSSR count). The van der Waals surface area contributed by atoms with E-state index in [1.165, 1.54) is 6.07 Å². The highest BCUT2D eigenvalue weighted by Gasteiger charge is 2.27. The zero-order chi connectivity index (χ0) is 18.6. The lowest BCUT2D eigenvalue weighted by Crippen LogP contribution is -2.39. The van der Waals surface area contributed by atoms with Crippen LogP contribution in [0, 0.1) is 5.82 Å². The Bertz CT molecular complexity index is 928. The zero-order valence-electron chi connectivity index (χ0n) is 14.7. The molecule has 2 N–H and O–H groups in total. The summed E-state index contributed by atoms with van der Waals surface area (Å²) >= 11 is 0. The van der Waals surface area contributed by atoms with E-state index in [1.807, 2.05) is 11.0 Å². The van der Waals surface area contributed by atoms with Crippen LogP contribution in [-0.4, -0.2) is 39.1 Å². The van der Waals surface area contributed by atoms with E-state index in [0.29, 0.717) is 30.2 Å². The number of aromatic amines is 1. The third-order valence-corrected chi connectivity index (χ3v) is 4.84. The number of piperidine rings is 1. The molecule has 1 fully saturated rings. The molecule has 1 atom stereocenters. The molecule has 0 spiro atoms. The van der Waals surface area contributed by atoms with Crippen LogP contribution >= 0.6 is 0 Å². The van der Waals surface area contributed by atoms with Gasteiger partial charge in [0.25, 0.3) is 5.91 Å². The first-order valence-corrected chi connectivity index (χ1v) is 8.97. The summed E-state index contributed by atoms with van der Waals surface area (Å²) in [6.07, 6.45) is 5.25. The highest BCUT2D eigenvalue weighted by Crippen LogP contribution is 2.28. The number of H-pyrrole nitrogens is 1. The first-order valence-electron chi connectivity index (χ1n) is 8.97. The smallest absolute Gasteiger partial charge is 0.257 e. The van der Waals surface area contributed by atoms with Crippen LogP contribution in [0.15, 0.2) is 54.9 Å². The number of halogens is 1. The summed E-state index contributed by atoms with van der Waals surface area (Å²) < 4.78 is 14.0. The van der Waals surface area contributed by atoms with E-state index in [0.717, 1.165) is 18.5 Å². The lowest BCUT2D eigenvalue weighted by molar-refractivity contribution is 0.0706. The Morgan fingerprint density at radius 2 is 2.07 bits per heavy atom. The number of rotatable bonds is 4. The molecule has 1 aromatic carbocycles. The van der Waals surface area contributed by atoms with Crippen molar-refractivity contribution in [3.8, 4) is 0 Å². The molecule has 27 heavy (non-hydrogen) atoms. The number of anilines is 2. The second-order valence-electron chi connectivity index (χ2n) is 6.61. The number of para-hydroxylation sites is 1. The van der Waals surface area contributed by atoms with Crippen LogP contribution in [0.1, 0.15) is 34.8 Å². The molecule has 138 valence electrons. The summed E-state index contributed by atoms with van der Waals surface area (Å²) in [6.45, 7) is 1.31. The van der Waals surface area contributed by atoms with Gasteiger partial charge >= 0.3 is 0 Å². The molecule has 2 aromatic heterocycles. The van der Waals surface area contributed by atoms with Gasteiger partial charge in [-0.3, -0.25) is 9.89 Å². The minimum Gasteiger partial charge on any atom is -0.338 e. The quantitative estimate of drug-likeness (QED) is 0.739. The summed E-state index contributed by atoms with van der Waals surface area (Å²) in [4.78, 5) is 19.2. The van der Waals surface area contributed by atoms with Gasteiger partial charge in [0.2, 0.25) is 0 Å². The largest absolute Gasteiger partial charge is 0.338 e. The first kappa shape index (κ1) is 17.2. The predicted octanol–water partition coefficient (Wildman–Crippen LogP) is 3.71. The molecular weight excluding hydrogens is 345 g/mol. The maximum Gasteiger partial charge on any atom is 0.257 e. The number of carbonyl (C=O) groups is 1. The van der Waals surface area contributed by atoms with E-state index in [4.69, 9.17) is 0 Å². The number of hydrogen-bond donors (Lipinski definition) is 2. The van der Waals surface area contributed by atoms with Crippen molar-refractivity contribution in [3.05, 3.63) is 71.9 Å². The highest BCUT2D eigenvalue weighted by molar-refractivity contribution is 5.99. The number of carbonyl (C=O) groups excluding carboxylic acids is 1. The van der Waals surface area contributed by atoms with Crippen molar-refractivity contribution in [2.24, 2.45) is 0 Å². The first-order chi connectivity index (χ1) is 13.2. The number of likely N-dealkylation sites (tertiary alicyclic amines) is 1. The van der Waals surface area contributed by atoms with Crippen molar-refractivity contribution in [2.45, 2.75) is 18.8 Å². The van der Waals surface area contributed by atoms with Gasteiger partial charge in [-0.2, -0.15) is 5.10 Å². The average Bonchev–Trinajstić information content (AvgIpc) is 3.25. The monoisotopic (exact) mass is 365 g/mol. The second kappa shape index (κ2) is 7.57. The van der Waals surface area contributed by atoms with Gasteiger partial charge in [-0.25, -0.2) is 9.37 Å². The molecule has 0 bridgehead atoms. The van der Waals surface area contributed by atoms with Crippen LogP contribution < -0.4 is 5.32 Å². The van der Waals surface area contributed by atoms with Gasteiger partial charge in [-0.05, 0) is 43.2 Å². The van der Waals surface area contributed by atoms with Crippen molar-refractivity contribution >= 4 is 17.4 Å². The fourth-order valence-electron chi connectivity index (χ4n) is 3.45. The molecule has 1 saturated heterocycles. The Kier molecular flexibility index (Phi) is 4.82. The van der Waals surface area contributed by atoms with Gasteiger partial charge < -0.3 is 10.2 Å². The maximum absolute atomic E-state index is 14.0. The number of aromatic nitrogens is 3. The molecule has 0 saturated carbocycles. The normalized spacial score (nSPS) is 16.9. The molecule has 1 amide bonds. The molecule has 3 aromatic rings. The highest BCUT2D eigenvalue weighted by atomic mass is 19.1. The third kappa shape index (κ3) is 3.67. The lowest BCUT2D eigenvalue weighted by atomic mass is 9.94. The van der Waals surface area contributed by atoms with E-state index >= 15 is 0 Å².